The normalized spacial score (nSPS) is 27.2. The summed E-state index contributed by atoms with van der Waals surface area (Å²) in [5.41, 5.74) is 7.66. The largest absolute Gasteiger partial charge is 0.399 e. The van der Waals surface area contributed by atoms with Crippen molar-refractivity contribution in [2.75, 3.05) is 25.4 Å². The van der Waals surface area contributed by atoms with Gasteiger partial charge in [0.15, 0.2) is 0 Å². The van der Waals surface area contributed by atoms with Crippen molar-refractivity contribution < 1.29 is 4.79 Å². The van der Waals surface area contributed by atoms with Crippen molar-refractivity contribution >= 4 is 33.0 Å². The molecule has 1 unspecified atom stereocenters. The third kappa shape index (κ3) is 2.29. The van der Waals surface area contributed by atoms with Crippen LogP contribution in [0.25, 0.3) is 10.1 Å². The van der Waals surface area contributed by atoms with Gasteiger partial charge in [-0.15, -0.1) is 11.3 Å². The Morgan fingerprint density at radius 3 is 2.82 bits per heavy atom. The number of nitrogen functional groups attached to an aromatic ring is 1. The summed E-state index contributed by atoms with van der Waals surface area (Å²) in [7, 11) is 0. The van der Waals surface area contributed by atoms with Gasteiger partial charge in [0.25, 0.3) is 5.91 Å². The Morgan fingerprint density at radius 1 is 1.36 bits per heavy atom. The van der Waals surface area contributed by atoms with E-state index in [1.54, 1.807) is 11.3 Å². The Kier molecular flexibility index (Phi) is 3.35. The first-order chi connectivity index (χ1) is 10.6. The number of carbonyl (C=O) groups excluding carboxylic acids is 1. The first-order valence-corrected chi connectivity index (χ1v) is 8.75. The van der Waals surface area contributed by atoms with Gasteiger partial charge in [0.05, 0.1) is 4.88 Å². The summed E-state index contributed by atoms with van der Waals surface area (Å²) in [4.78, 5) is 16.0. The Bertz CT molecular complexity index is 731. The molecule has 3 aliphatic rings. The molecule has 2 aromatic rings. The predicted octanol–water partition coefficient (Wildman–Crippen LogP) is 2.62. The minimum atomic E-state index is 0.0796. The van der Waals surface area contributed by atoms with Crippen LogP contribution in [0.2, 0.25) is 0 Å². The van der Waals surface area contributed by atoms with Crippen LogP contribution in [-0.2, 0) is 0 Å². The first-order valence-electron chi connectivity index (χ1n) is 7.93. The van der Waals surface area contributed by atoms with Crippen LogP contribution in [0.5, 0.6) is 0 Å². The van der Waals surface area contributed by atoms with E-state index in [0.29, 0.717) is 12.0 Å². The lowest BCUT2D eigenvalue weighted by molar-refractivity contribution is 0.0622. The number of nitrogens with two attached hydrogens (primary N) is 1. The van der Waals surface area contributed by atoms with E-state index in [-0.39, 0.29) is 5.91 Å². The summed E-state index contributed by atoms with van der Waals surface area (Å²) in [5, 5.41) is 4.38. The lowest BCUT2D eigenvalue weighted by Crippen LogP contribution is -2.57. The van der Waals surface area contributed by atoms with Crippen molar-refractivity contribution in [3.8, 4) is 0 Å². The van der Waals surface area contributed by atoms with Gasteiger partial charge in [0, 0.05) is 23.0 Å². The lowest BCUT2D eigenvalue weighted by atomic mass is 9.84. The highest BCUT2D eigenvalue weighted by atomic mass is 32.1. The molecule has 0 radical (unpaired) electrons. The van der Waals surface area contributed by atoms with Gasteiger partial charge in [0.1, 0.15) is 0 Å². The molecule has 5 heteroatoms. The van der Waals surface area contributed by atoms with Gasteiger partial charge in [-0.25, -0.2) is 0 Å². The molecule has 4 heterocycles. The highest BCUT2D eigenvalue weighted by Crippen LogP contribution is 2.33. The van der Waals surface area contributed by atoms with Gasteiger partial charge < -0.3 is 16.0 Å². The topological polar surface area (TPSA) is 58.4 Å². The van der Waals surface area contributed by atoms with Crippen LogP contribution in [0, 0.1) is 12.8 Å². The zero-order valence-electron chi connectivity index (χ0n) is 12.8. The summed E-state index contributed by atoms with van der Waals surface area (Å²) >= 11 is 1.57. The molecule has 3 aliphatic heterocycles. The number of anilines is 1. The van der Waals surface area contributed by atoms with E-state index < -0.39 is 0 Å². The quantitative estimate of drug-likeness (QED) is 0.838. The maximum Gasteiger partial charge on any atom is 0.261 e. The van der Waals surface area contributed by atoms with Crippen molar-refractivity contribution in [3.05, 3.63) is 28.6 Å². The minimum Gasteiger partial charge on any atom is -0.399 e. The summed E-state index contributed by atoms with van der Waals surface area (Å²) in [6.45, 7) is 5.41. The molecular weight excluding hydrogens is 294 g/mol. The van der Waals surface area contributed by atoms with Gasteiger partial charge in [-0.1, -0.05) is 0 Å². The third-order valence-corrected chi connectivity index (χ3v) is 6.41. The summed E-state index contributed by atoms with van der Waals surface area (Å²) in [6.07, 6.45) is 2.43. The van der Waals surface area contributed by atoms with E-state index in [1.165, 1.54) is 25.9 Å². The number of thiophene rings is 1. The van der Waals surface area contributed by atoms with E-state index in [0.717, 1.165) is 32.8 Å². The molecule has 1 aromatic carbocycles. The molecule has 1 atom stereocenters. The van der Waals surface area contributed by atoms with Crippen LogP contribution in [-0.4, -0.2) is 36.5 Å². The molecule has 5 rings (SSSR count). The van der Waals surface area contributed by atoms with Crippen molar-refractivity contribution in [2.45, 2.75) is 25.8 Å². The number of nitrogens with zero attached hydrogens (tertiary/aromatic N) is 1. The minimum absolute atomic E-state index is 0.0796. The smallest absolute Gasteiger partial charge is 0.261 e. The maximum atomic E-state index is 12.7. The van der Waals surface area contributed by atoms with Crippen molar-refractivity contribution in [1.82, 2.24) is 10.2 Å². The third-order valence-electron chi connectivity index (χ3n) is 5.14. The van der Waals surface area contributed by atoms with Crippen LogP contribution in [0.1, 0.15) is 28.1 Å². The average Bonchev–Trinajstić information content (AvgIpc) is 2.85. The average molecular weight is 315 g/mol. The number of piperidine rings is 3. The molecule has 1 aromatic heterocycles. The SMILES string of the molecule is Cc1c(C(=O)NC2CN3CCC2CC3)sc2ccc(N)cc12. The first kappa shape index (κ1) is 14.0. The zero-order chi connectivity index (χ0) is 15.3. The molecule has 4 nitrogen and oxygen atoms in total. The van der Waals surface area contributed by atoms with E-state index in [1.807, 2.05) is 25.1 Å². The number of fused-ring (bicyclic) bond motifs is 4. The van der Waals surface area contributed by atoms with Crippen LogP contribution < -0.4 is 11.1 Å². The van der Waals surface area contributed by atoms with Gasteiger partial charge in [0.2, 0.25) is 0 Å². The fraction of sp³-hybridized carbons (Fsp3) is 0.471. The Hall–Kier alpha value is -1.59. The zero-order valence-corrected chi connectivity index (χ0v) is 13.6. The molecule has 2 bridgehead atoms. The number of hydrogen-bond donors (Lipinski definition) is 2. The fourth-order valence-corrected chi connectivity index (χ4v) is 4.91. The molecule has 22 heavy (non-hydrogen) atoms. The second-order valence-corrected chi connectivity index (χ2v) is 7.58. The molecule has 0 saturated carbocycles. The number of rotatable bonds is 2. The second-order valence-electron chi connectivity index (χ2n) is 6.53. The van der Waals surface area contributed by atoms with Crippen molar-refractivity contribution in [1.29, 1.82) is 0 Å². The number of nitrogens with one attached hydrogen (secondary N) is 1. The molecule has 3 fully saturated rings. The predicted molar refractivity (Wildman–Crippen MR) is 91.4 cm³/mol. The molecular formula is C17H21N3OS. The van der Waals surface area contributed by atoms with Crippen LogP contribution >= 0.6 is 11.3 Å². The van der Waals surface area contributed by atoms with Gasteiger partial charge >= 0.3 is 0 Å². The molecule has 3 saturated heterocycles. The summed E-state index contributed by atoms with van der Waals surface area (Å²) in [5.74, 6) is 0.732. The number of amides is 1. The number of carbonyl (C=O) groups is 1. The number of aryl methyl sites for hydroxylation is 1. The molecule has 0 spiro atoms. The van der Waals surface area contributed by atoms with Crippen molar-refractivity contribution in [2.24, 2.45) is 5.92 Å². The van der Waals surface area contributed by atoms with Crippen molar-refractivity contribution in [3.63, 3.8) is 0 Å². The number of hydrogen-bond acceptors (Lipinski definition) is 4. The Morgan fingerprint density at radius 2 is 2.14 bits per heavy atom. The standard InChI is InChI=1S/C17H21N3OS/c1-10-13-8-12(18)2-3-15(13)22-16(10)17(21)19-14-9-20-6-4-11(14)5-7-20/h2-3,8,11,14H,4-7,9,18H2,1H3,(H,19,21). The Balaban J connectivity index is 1.59. The number of benzene rings is 1. The van der Waals surface area contributed by atoms with E-state index in [2.05, 4.69) is 10.2 Å². The monoisotopic (exact) mass is 315 g/mol. The van der Waals surface area contributed by atoms with E-state index >= 15 is 0 Å². The van der Waals surface area contributed by atoms with Crippen LogP contribution in [0.4, 0.5) is 5.69 Å². The van der Waals surface area contributed by atoms with Gasteiger partial charge in [-0.3, -0.25) is 4.79 Å². The molecule has 116 valence electrons. The van der Waals surface area contributed by atoms with Gasteiger partial charge in [-0.2, -0.15) is 0 Å². The summed E-state index contributed by atoms with van der Waals surface area (Å²) in [6, 6.07) is 6.18. The van der Waals surface area contributed by atoms with Gasteiger partial charge in [-0.05, 0) is 67.9 Å². The molecule has 3 N–H and O–H groups in total. The summed E-state index contributed by atoms with van der Waals surface area (Å²) < 4.78 is 1.13. The highest BCUT2D eigenvalue weighted by Gasteiger charge is 2.35. The Labute approximate surface area is 134 Å². The van der Waals surface area contributed by atoms with E-state index in [9.17, 15) is 4.79 Å². The van der Waals surface area contributed by atoms with E-state index in [4.69, 9.17) is 5.73 Å². The molecule has 1 amide bonds. The maximum absolute atomic E-state index is 12.7. The van der Waals surface area contributed by atoms with Crippen LogP contribution in [0.3, 0.4) is 0 Å². The molecule has 0 aliphatic carbocycles. The highest BCUT2D eigenvalue weighted by molar-refractivity contribution is 7.21. The fourth-order valence-electron chi connectivity index (χ4n) is 3.82. The lowest BCUT2D eigenvalue weighted by Gasteiger charge is -2.44. The van der Waals surface area contributed by atoms with Crippen LogP contribution in [0.15, 0.2) is 18.2 Å². The second kappa shape index (κ2) is 5.25.